The van der Waals surface area contributed by atoms with Crippen LogP contribution in [0.1, 0.15) is 53.4 Å². The number of carbonyl (C=O) groups excluding carboxylic acids is 1. The van der Waals surface area contributed by atoms with Gasteiger partial charge in [0.1, 0.15) is 5.60 Å². The van der Waals surface area contributed by atoms with E-state index in [1.165, 1.54) is 6.42 Å². The topological polar surface area (TPSA) is 38.3 Å². The molecule has 0 bridgehead atoms. The highest BCUT2D eigenvalue weighted by molar-refractivity contribution is 5.85. The van der Waals surface area contributed by atoms with Crippen LogP contribution < -0.4 is 5.32 Å². The third kappa shape index (κ3) is 2.97. The van der Waals surface area contributed by atoms with Crippen LogP contribution in [0.3, 0.4) is 0 Å². The Balaban J connectivity index is 2.53. The first-order chi connectivity index (χ1) is 7.33. The second kappa shape index (κ2) is 4.74. The predicted molar refractivity (Wildman–Crippen MR) is 65.3 cm³/mol. The fourth-order valence-corrected chi connectivity index (χ4v) is 2.29. The van der Waals surface area contributed by atoms with Crippen molar-refractivity contribution in [3.05, 3.63) is 0 Å². The van der Waals surface area contributed by atoms with E-state index in [9.17, 15) is 4.79 Å². The zero-order chi connectivity index (χ0) is 12.4. The summed E-state index contributed by atoms with van der Waals surface area (Å²) in [7, 11) is 1.60. The Hall–Kier alpha value is -0.570. The molecule has 0 spiro atoms. The highest BCUT2D eigenvalue weighted by Crippen LogP contribution is 2.37. The van der Waals surface area contributed by atoms with Gasteiger partial charge in [0.2, 0.25) is 0 Å². The molecule has 16 heavy (non-hydrogen) atoms. The summed E-state index contributed by atoms with van der Waals surface area (Å²) in [6.45, 7) is 8.34. The van der Waals surface area contributed by atoms with Crippen molar-refractivity contribution in [1.82, 2.24) is 5.32 Å². The van der Waals surface area contributed by atoms with E-state index >= 15 is 0 Å². The summed E-state index contributed by atoms with van der Waals surface area (Å²) in [5.41, 5.74) is -0.305. The van der Waals surface area contributed by atoms with Gasteiger partial charge in [-0.15, -0.1) is 0 Å². The molecule has 1 aliphatic rings. The Morgan fingerprint density at radius 3 is 2.56 bits per heavy atom. The Labute approximate surface area is 98.9 Å². The molecule has 1 aliphatic carbocycles. The van der Waals surface area contributed by atoms with E-state index in [2.05, 4.69) is 19.2 Å². The number of methoxy groups -OCH3 is 1. The van der Waals surface area contributed by atoms with Gasteiger partial charge in [-0.2, -0.15) is 0 Å². The SMILES string of the molecule is CCC(C)(OC)C(=O)NC1CCC(C)(C)C1. The van der Waals surface area contributed by atoms with Crippen LogP contribution in [0.15, 0.2) is 0 Å². The number of amides is 1. The van der Waals surface area contributed by atoms with Gasteiger partial charge < -0.3 is 10.1 Å². The van der Waals surface area contributed by atoms with E-state index in [4.69, 9.17) is 4.74 Å². The number of hydrogen-bond acceptors (Lipinski definition) is 2. The number of hydrogen-bond donors (Lipinski definition) is 1. The maximum absolute atomic E-state index is 12.1. The molecule has 94 valence electrons. The van der Waals surface area contributed by atoms with Gasteiger partial charge in [0.15, 0.2) is 0 Å². The zero-order valence-electron chi connectivity index (χ0n) is 11.2. The molecule has 0 aromatic carbocycles. The average molecular weight is 227 g/mol. The molecule has 2 atom stereocenters. The minimum absolute atomic E-state index is 0.0280. The standard InChI is InChI=1S/C13H25NO2/c1-6-13(4,16-5)11(15)14-10-7-8-12(2,3)9-10/h10H,6-9H2,1-5H3,(H,14,15). The van der Waals surface area contributed by atoms with Crippen LogP contribution >= 0.6 is 0 Å². The summed E-state index contributed by atoms with van der Waals surface area (Å²) in [4.78, 5) is 12.1. The summed E-state index contributed by atoms with van der Waals surface area (Å²) < 4.78 is 5.30. The minimum atomic E-state index is -0.674. The molecule has 1 fully saturated rings. The molecule has 3 heteroatoms. The monoisotopic (exact) mass is 227 g/mol. The number of rotatable bonds is 4. The Morgan fingerprint density at radius 2 is 2.19 bits per heavy atom. The summed E-state index contributed by atoms with van der Waals surface area (Å²) in [5.74, 6) is 0.0280. The average Bonchev–Trinajstić information content (AvgIpc) is 2.56. The molecule has 3 nitrogen and oxygen atoms in total. The van der Waals surface area contributed by atoms with E-state index in [1.54, 1.807) is 7.11 Å². The molecular formula is C13H25NO2. The van der Waals surface area contributed by atoms with Gasteiger partial charge >= 0.3 is 0 Å². The van der Waals surface area contributed by atoms with Gasteiger partial charge in [0.25, 0.3) is 5.91 Å². The van der Waals surface area contributed by atoms with E-state index in [0.29, 0.717) is 17.9 Å². The lowest BCUT2D eigenvalue weighted by Crippen LogP contribution is -2.48. The van der Waals surface area contributed by atoms with Crippen LogP contribution in [-0.2, 0) is 9.53 Å². The van der Waals surface area contributed by atoms with Crippen LogP contribution in [0, 0.1) is 5.41 Å². The first-order valence-corrected chi connectivity index (χ1v) is 6.19. The lowest BCUT2D eigenvalue weighted by atomic mass is 9.91. The van der Waals surface area contributed by atoms with Crippen LogP contribution in [0.5, 0.6) is 0 Å². The zero-order valence-corrected chi connectivity index (χ0v) is 11.2. The van der Waals surface area contributed by atoms with Crippen molar-refractivity contribution in [2.24, 2.45) is 5.41 Å². The highest BCUT2D eigenvalue weighted by atomic mass is 16.5. The summed E-state index contributed by atoms with van der Waals surface area (Å²) >= 11 is 0. The van der Waals surface area contributed by atoms with Crippen molar-refractivity contribution in [3.63, 3.8) is 0 Å². The van der Waals surface area contributed by atoms with E-state index in [0.717, 1.165) is 12.8 Å². The third-order valence-corrected chi connectivity index (χ3v) is 3.91. The third-order valence-electron chi connectivity index (χ3n) is 3.91. The van der Waals surface area contributed by atoms with Crippen molar-refractivity contribution in [2.75, 3.05) is 7.11 Å². The molecule has 1 amide bonds. The fourth-order valence-electron chi connectivity index (χ4n) is 2.29. The molecule has 0 aliphatic heterocycles. The van der Waals surface area contributed by atoms with Gasteiger partial charge in [-0.05, 0) is 38.0 Å². The van der Waals surface area contributed by atoms with Crippen LogP contribution in [0.4, 0.5) is 0 Å². The minimum Gasteiger partial charge on any atom is -0.369 e. The molecule has 1 N–H and O–H groups in total. The van der Waals surface area contributed by atoms with Crippen molar-refractivity contribution in [3.8, 4) is 0 Å². The first-order valence-electron chi connectivity index (χ1n) is 6.19. The molecule has 0 radical (unpaired) electrons. The van der Waals surface area contributed by atoms with E-state index in [-0.39, 0.29) is 5.91 Å². The van der Waals surface area contributed by atoms with Crippen molar-refractivity contribution < 1.29 is 9.53 Å². The lowest BCUT2D eigenvalue weighted by molar-refractivity contribution is -0.142. The maximum atomic E-state index is 12.1. The molecule has 0 aromatic rings. The van der Waals surface area contributed by atoms with Crippen molar-refractivity contribution >= 4 is 5.91 Å². The molecule has 0 aromatic heterocycles. The molecule has 0 heterocycles. The van der Waals surface area contributed by atoms with Crippen molar-refractivity contribution in [2.45, 2.75) is 65.0 Å². The second-order valence-corrected chi connectivity index (χ2v) is 5.87. The van der Waals surface area contributed by atoms with Gasteiger partial charge in [-0.25, -0.2) is 0 Å². The van der Waals surface area contributed by atoms with Crippen molar-refractivity contribution in [1.29, 1.82) is 0 Å². The lowest BCUT2D eigenvalue weighted by Gasteiger charge is -2.27. The molecular weight excluding hydrogens is 202 g/mol. The van der Waals surface area contributed by atoms with Gasteiger partial charge in [-0.1, -0.05) is 20.8 Å². The van der Waals surface area contributed by atoms with Crippen LogP contribution in [0.2, 0.25) is 0 Å². The van der Waals surface area contributed by atoms with Gasteiger partial charge in [0.05, 0.1) is 0 Å². The summed E-state index contributed by atoms with van der Waals surface area (Å²) in [6, 6.07) is 0.323. The highest BCUT2D eigenvalue weighted by Gasteiger charge is 2.36. The number of nitrogens with one attached hydrogen (secondary N) is 1. The number of ether oxygens (including phenoxy) is 1. The first kappa shape index (κ1) is 13.5. The largest absolute Gasteiger partial charge is 0.369 e. The smallest absolute Gasteiger partial charge is 0.252 e. The van der Waals surface area contributed by atoms with Gasteiger partial charge in [-0.3, -0.25) is 4.79 Å². The van der Waals surface area contributed by atoms with Crippen LogP contribution in [0.25, 0.3) is 0 Å². The predicted octanol–water partition coefficient (Wildman–Crippen LogP) is 2.50. The summed E-state index contributed by atoms with van der Waals surface area (Å²) in [5, 5.41) is 3.11. The van der Waals surface area contributed by atoms with E-state index in [1.807, 2.05) is 13.8 Å². The fraction of sp³-hybridized carbons (Fsp3) is 0.923. The number of carbonyl (C=O) groups is 1. The molecule has 2 unspecified atom stereocenters. The Morgan fingerprint density at radius 1 is 1.56 bits per heavy atom. The maximum Gasteiger partial charge on any atom is 0.252 e. The second-order valence-electron chi connectivity index (χ2n) is 5.87. The quantitative estimate of drug-likeness (QED) is 0.801. The van der Waals surface area contributed by atoms with Crippen LogP contribution in [-0.4, -0.2) is 24.7 Å². The molecule has 0 saturated heterocycles. The van der Waals surface area contributed by atoms with Gasteiger partial charge in [0, 0.05) is 13.2 Å². The Kier molecular flexibility index (Phi) is 4.00. The van der Waals surface area contributed by atoms with E-state index < -0.39 is 5.60 Å². The normalized spacial score (nSPS) is 27.4. The Bertz CT molecular complexity index is 257. The molecule has 1 saturated carbocycles. The summed E-state index contributed by atoms with van der Waals surface area (Å²) in [6.07, 6.45) is 4.05. The molecule has 1 rings (SSSR count).